The molecule has 0 aliphatic heterocycles. The minimum atomic E-state index is -0.00880. The van der Waals surface area contributed by atoms with Crippen molar-refractivity contribution in [3.63, 3.8) is 0 Å². The summed E-state index contributed by atoms with van der Waals surface area (Å²) >= 11 is 0. The Labute approximate surface area is 81.6 Å². The molecule has 2 rings (SSSR count). The molecule has 4 nitrogen and oxygen atoms in total. The molecule has 0 atom stereocenters. The van der Waals surface area contributed by atoms with E-state index in [2.05, 4.69) is 10.1 Å². The van der Waals surface area contributed by atoms with Crippen molar-refractivity contribution in [2.75, 3.05) is 0 Å². The fourth-order valence-corrected chi connectivity index (χ4v) is 1.81. The van der Waals surface area contributed by atoms with Crippen molar-refractivity contribution in [1.82, 2.24) is 14.6 Å². The van der Waals surface area contributed by atoms with E-state index < -0.39 is 0 Å². The lowest BCUT2D eigenvalue weighted by molar-refractivity contribution is 0.779. The number of rotatable bonds is 1. The van der Waals surface area contributed by atoms with E-state index in [1.54, 1.807) is 16.8 Å². The molecular weight excluding hydrogens is 178 g/mol. The van der Waals surface area contributed by atoms with E-state index in [4.69, 9.17) is 0 Å². The van der Waals surface area contributed by atoms with Gasteiger partial charge in [-0.1, -0.05) is 13.8 Å². The minimum absolute atomic E-state index is 0.00880. The van der Waals surface area contributed by atoms with Crippen LogP contribution in [0.15, 0.2) is 17.1 Å². The Balaban J connectivity index is 2.89. The number of hydrogen-bond acceptors (Lipinski definition) is 2. The molecule has 0 saturated carbocycles. The molecule has 14 heavy (non-hydrogen) atoms. The summed E-state index contributed by atoms with van der Waals surface area (Å²) < 4.78 is 1.76. The predicted octanol–water partition coefficient (Wildman–Crippen LogP) is 1.45. The van der Waals surface area contributed by atoms with Crippen molar-refractivity contribution in [2.24, 2.45) is 0 Å². The molecule has 0 amide bonds. The maximum atomic E-state index is 11.7. The van der Waals surface area contributed by atoms with Gasteiger partial charge in [-0.15, -0.1) is 0 Å². The van der Waals surface area contributed by atoms with Crippen LogP contribution in [0.25, 0.3) is 5.65 Å². The van der Waals surface area contributed by atoms with Gasteiger partial charge in [0.1, 0.15) is 5.65 Å². The van der Waals surface area contributed by atoms with E-state index in [9.17, 15) is 4.79 Å². The summed E-state index contributed by atoms with van der Waals surface area (Å²) in [5, 5.41) is 4.15. The van der Waals surface area contributed by atoms with E-state index in [0.29, 0.717) is 0 Å². The summed E-state index contributed by atoms with van der Waals surface area (Å²) in [4.78, 5) is 14.5. The molecule has 0 radical (unpaired) electrons. The highest BCUT2D eigenvalue weighted by Gasteiger charge is 2.12. The van der Waals surface area contributed by atoms with Gasteiger partial charge >= 0.3 is 0 Å². The van der Waals surface area contributed by atoms with Crippen molar-refractivity contribution < 1.29 is 0 Å². The molecule has 0 unspecified atom stereocenters. The SMILES string of the molecule is Cc1c(C(C)C)c(=O)[nH]c2ccnn12. The van der Waals surface area contributed by atoms with Crippen LogP contribution in [-0.4, -0.2) is 14.6 Å². The Bertz CT molecular complexity index is 522. The molecule has 2 aromatic heterocycles. The Morgan fingerprint density at radius 1 is 1.50 bits per heavy atom. The Kier molecular flexibility index (Phi) is 1.91. The van der Waals surface area contributed by atoms with Crippen LogP contribution in [-0.2, 0) is 0 Å². The summed E-state index contributed by atoms with van der Waals surface area (Å²) in [5.41, 5.74) is 2.47. The molecule has 0 saturated heterocycles. The van der Waals surface area contributed by atoms with Gasteiger partial charge in [0.15, 0.2) is 0 Å². The molecule has 4 heteroatoms. The second-order valence-electron chi connectivity index (χ2n) is 3.74. The maximum absolute atomic E-state index is 11.7. The molecule has 0 spiro atoms. The van der Waals surface area contributed by atoms with Crippen LogP contribution in [0.3, 0.4) is 0 Å². The van der Waals surface area contributed by atoms with E-state index in [0.717, 1.165) is 16.9 Å². The number of H-pyrrole nitrogens is 1. The summed E-state index contributed by atoms with van der Waals surface area (Å²) in [7, 11) is 0. The van der Waals surface area contributed by atoms with Crippen LogP contribution in [0.4, 0.5) is 0 Å². The Hall–Kier alpha value is -1.58. The van der Waals surface area contributed by atoms with Gasteiger partial charge in [0.2, 0.25) is 0 Å². The zero-order valence-corrected chi connectivity index (χ0v) is 8.53. The molecule has 0 fully saturated rings. The van der Waals surface area contributed by atoms with Crippen LogP contribution in [0.2, 0.25) is 0 Å². The summed E-state index contributed by atoms with van der Waals surface area (Å²) in [5.74, 6) is 0.215. The number of fused-ring (bicyclic) bond motifs is 1. The van der Waals surface area contributed by atoms with E-state index >= 15 is 0 Å². The second kappa shape index (κ2) is 2.97. The molecule has 1 N–H and O–H groups in total. The maximum Gasteiger partial charge on any atom is 0.254 e. The van der Waals surface area contributed by atoms with Crippen LogP contribution in [0.5, 0.6) is 0 Å². The molecular formula is C10H13N3O. The first-order chi connectivity index (χ1) is 6.61. The molecule has 0 bridgehead atoms. The fourth-order valence-electron chi connectivity index (χ4n) is 1.81. The molecule has 74 valence electrons. The van der Waals surface area contributed by atoms with Crippen LogP contribution >= 0.6 is 0 Å². The summed E-state index contributed by atoms with van der Waals surface area (Å²) in [6.07, 6.45) is 1.68. The van der Waals surface area contributed by atoms with Gasteiger partial charge in [0.25, 0.3) is 5.56 Å². The number of aryl methyl sites for hydroxylation is 1. The standard InChI is InChI=1S/C10H13N3O/c1-6(2)9-7(3)13-8(4-5-11-13)12-10(9)14/h4-6H,1-3H3,(H,12,14). The Morgan fingerprint density at radius 3 is 2.86 bits per heavy atom. The number of nitrogens with one attached hydrogen (secondary N) is 1. The highest BCUT2D eigenvalue weighted by molar-refractivity contribution is 5.39. The number of aromatic amines is 1. The van der Waals surface area contributed by atoms with Crippen LogP contribution in [0.1, 0.15) is 31.0 Å². The average Bonchev–Trinajstić information content (AvgIpc) is 2.50. The zero-order chi connectivity index (χ0) is 10.3. The first-order valence-corrected chi connectivity index (χ1v) is 4.67. The highest BCUT2D eigenvalue weighted by Crippen LogP contribution is 2.14. The molecule has 2 aromatic rings. The highest BCUT2D eigenvalue weighted by atomic mass is 16.1. The lowest BCUT2D eigenvalue weighted by Crippen LogP contribution is -2.19. The van der Waals surface area contributed by atoms with Crippen LogP contribution in [0, 0.1) is 6.92 Å². The Morgan fingerprint density at radius 2 is 2.21 bits per heavy atom. The first kappa shape index (κ1) is 8.99. The average molecular weight is 191 g/mol. The molecule has 2 heterocycles. The lowest BCUT2D eigenvalue weighted by atomic mass is 10.0. The smallest absolute Gasteiger partial charge is 0.254 e. The normalized spacial score (nSPS) is 11.4. The third-order valence-corrected chi connectivity index (χ3v) is 2.41. The van der Waals surface area contributed by atoms with Gasteiger partial charge in [-0.05, 0) is 12.8 Å². The third-order valence-electron chi connectivity index (χ3n) is 2.41. The zero-order valence-electron chi connectivity index (χ0n) is 8.53. The summed E-state index contributed by atoms with van der Waals surface area (Å²) in [6.45, 7) is 5.93. The van der Waals surface area contributed by atoms with Gasteiger partial charge in [0.05, 0.1) is 11.9 Å². The van der Waals surface area contributed by atoms with Gasteiger partial charge in [-0.3, -0.25) is 4.79 Å². The minimum Gasteiger partial charge on any atom is -0.307 e. The number of hydrogen-bond donors (Lipinski definition) is 1. The van der Waals surface area contributed by atoms with Gasteiger partial charge in [-0.25, -0.2) is 4.52 Å². The molecule has 0 aliphatic rings. The van der Waals surface area contributed by atoms with E-state index in [1.165, 1.54) is 0 Å². The van der Waals surface area contributed by atoms with Crippen molar-refractivity contribution in [3.8, 4) is 0 Å². The fraction of sp³-hybridized carbons (Fsp3) is 0.400. The van der Waals surface area contributed by atoms with Crippen molar-refractivity contribution in [2.45, 2.75) is 26.7 Å². The van der Waals surface area contributed by atoms with Crippen molar-refractivity contribution in [3.05, 3.63) is 33.9 Å². The van der Waals surface area contributed by atoms with E-state index in [-0.39, 0.29) is 11.5 Å². The molecule has 0 aliphatic carbocycles. The number of aromatic nitrogens is 3. The van der Waals surface area contributed by atoms with Crippen molar-refractivity contribution in [1.29, 1.82) is 0 Å². The van der Waals surface area contributed by atoms with Crippen molar-refractivity contribution >= 4 is 5.65 Å². The summed E-state index contributed by atoms with van der Waals surface area (Å²) in [6, 6.07) is 1.79. The van der Waals surface area contributed by atoms with Gasteiger partial charge in [-0.2, -0.15) is 5.10 Å². The quantitative estimate of drug-likeness (QED) is 0.741. The topological polar surface area (TPSA) is 50.2 Å². The third kappa shape index (κ3) is 1.14. The van der Waals surface area contributed by atoms with Gasteiger partial charge in [0, 0.05) is 11.6 Å². The predicted molar refractivity (Wildman–Crippen MR) is 54.6 cm³/mol. The number of nitrogens with zero attached hydrogens (tertiary/aromatic N) is 2. The molecule has 0 aromatic carbocycles. The first-order valence-electron chi connectivity index (χ1n) is 4.67. The van der Waals surface area contributed by atoms with E-state index in [1.807, 2.05) is 20.8 Å². The van der Waals surface area contributed by atoms with Gasteiger partial charge < -0.3 is 4.98 Å². The lowest BCUT2D eigenvalue weighted by Gasteiger charge is -2.09. The van der Waals surface area contributed by atoms with Crippen LogP contribution < -0.4 is 5.56 Å². The second-order valence-corrected chi connectivity index (χ2v) is 3.74. The largest absolute Gasteiger partial charge is 0.307 e. The monoisotopic (exact) mass is 191 g/mol.